The standard InChI is InChI=1S/C18H39NOSi/c1-8-14-19(15-9-2)16-10-12-18(20,13-11-16)21(6,7)17(3,4)5/h16,20H,8-15H2,1-7H3. The van der Waals surface area contributed by atoms with E-state index in [1.54, 1.807) is 0 Å². The summed E-state index contributed by atoms with van der Waals surface area (Å²) in [5, 5.41) is 11.2. The molecule has 0 atom stereocenters. The van der Waals surface area contributed by atoms with Gasteiger partial charge in [-0.3, -0.25) is 0 Å². The van der Waals surface area contributed by atoms with E-state index in [-0.39, 0.29) is 10.3 Å². The molecule has 0 bridgehead atoms. The van der Waals surface area contributed by atoms with E-state index in [9.17, 15) is 5.11 Å². The smallest absolute Gasteiger partial charge is 0.0903 e. The SMILES string of the molecule is CCCN(CCC)C1CCC(O)([Si](C)(C)C(C)(C)C)CC1. The molecule has 0 aliphatic heterocycles. The van der Waals surface area contributed by atoms with E-state index >= 15 is 0 Å². The Balaban J connectivity index is 2.73. The third-order valence-electron chi connectivity index (χ3n) is 6.36. The summed E-state index contributed by atoms with van der Waals surface area (Å²) < 4.78 is 0. The highest BCUT2D eigenvalue weighted by Gasteiger charge is 2.53. The summed E-state index contributed by atoms with van der Waals surface area (Å²) >= 11 is 0. The molecular weight excluding hydrogens is 274 g/mol. The molecule has 2 nitrogen and oxygen atoms in total. The molecule has 0 unspecified atom stereocenters. The highest BCUT2D eigenvalue weighted by Crippen LogP contribution is 2.48. The van der Waals surface area contributed by atoms with Gasteiger partial charge in [-0.15, -0.1) is 0 Å². The third kappa shape index (κ3) is 4.11. The predicted molar refractivity (Wildman–Crippen MR) is 96.6 cm³/mol. The molecule has 0 heterocycles. The summed E-state index contributed by atoms with van der Waals surface area (Å²) in [6.45, 7) is 18.7. The van der Waals surface area contributed by atoms with Crippen LogP contribution in [0.5, 0.6) is 0 Å². The number of hydrogen-bond acceptors (Lipinski definition) is 2. The van der Waals surface area contributed by atoms with Gasteiger partial charge in [0.25, 0.3) is 0 Å². The van der Waals surface area contributed by atoms with Crippen molar-refractivity contribution in [2.45, 2.75) is 103 Å². The van der Waals surface area contributed by atoms with Gasteiger partial charge in [-0.1, -0.05) is 47.7 Å². The van der Waals surface area contributed by atoms with Gasteiger partial charge in [0.05, 0.1) is 13.3 Å². The summed E-state index contributed by atoms with van der Waals surface area (Å²) in [5.41, 5.74) is 0. The first kappa shape index (κ1) is 19.2. The van der Waals surface area contributed by atoms with E-state index in [1.807, 2.05) is 0 Å². The molecule has 1 rings (SSSR count). The fraction of sp³-hybridized carbons (Fsp3) is 1.00. The predicted octanol–water partition coefficient (Wildman–Crippen LogP) is 4.83. The second kappa shape index (κ2) is 7.14. The van der Waals surface area contributed by atoms with Crippen molar-refractivity contribution in [3.05, 3.63) is 0 Å². The lowest BCUT2D eigenvalue weighted by atomic mass is 9.91. The first-order valence-electron chi connectivity index (χ1n) is 9.05. The largest absolute Gasteiger partial charge is 0.393 e. The van der Waals surface area contributed by atoms with Gasteiger partial charge in [-0.2, -0.15) is 0 Å². The van der Waals surface area contributed by atoms with Crippen molar-refractivity contribution in [1.29, 1.82) is 0 Å². The molecule has 3 heteroatoms. The highest BCUT2D eigenvalue weighted by atomic mass is 28.3. The second-order valence-electron chi connectivity index (χ2n) is 8.67. The van der Waals surface area contributed by atoms with Crippen molar-refractivity contribution in [2.75, 3.05) is 13.1 Å². The first-order chi connectivity index (χ1) is 9.59. The maximum absolute atomic E-state index is 11.3. The molecule has 1 aliphatic rings. The second-order valence-corrected chi connectivity index (χ2v) is 14.4. The number of rotatable bonds is 6. The maximum Gasteiger partial charge on any atom is 0.0903 e. The van der Waals surface area contributed by atoms with Crippen LogP contribution in [0.15, 0.2) is 0 Å². The fourth-order valence-electron chi connectivity index (χ4n) is 3.82. The van der Waals surface area contributed by atoms with Crippen LogP contribution >= 0.6 is 0 Å². The van der Waals surface area contributed by atoms with Crippen molar-refractivity contribution in [3.8, 4) is 0 Å². The Bertz CT molecular complexity index is 308. The fourth-order valence-corrected chi connectivity index (χ4v) is 6.75. The Morgan fingerprint density at radius 1 is 1.05 bits per heavy atom. The van der Waals surface area contributed by atoms with E-state index < -0.39 is 8.07 Å². The number of aliphatic hydroxyl groups is 1. The minimum Gasteiger partial charge on any atom is -0.393 e. The average molecular weight is 314 g/mol. The third-order valence-corrected chi connectivity index (χ3v) is 12.9. The Morgan fingerprint density at radius 3 is 1.81 bits per heavy atom. The lowest BCUT2D eigenvalue weighted by molar-refractivity contribution is 0.0318. The van der Waals surface area contributed by atoms with Crippen LogP contribution in [0, 0.1) is 0 Å². The van der Waals surface area contributed by atoms with Gasteiger partial charge >= 0.3 is 0 Å². The van der Waals surface area contributed by atoms with E-state index in [0.717, 1.165) is 12.8 Å². The van der Waals surface area contributed by atoms with Crippen LogP contribution in [0.1, 0.15) is 73.1 Å². The van der Waals surface area contributed by atoms with E-state index in [0.29, 0.717) is 6.04 Å². The first-order valence-corrected chi connectivity index (χ1v) is 12.1. The zero-order valence-electron chi connectivity index (χ0n) is 15.6. The van der Waals surface area contributed by atoms with Crippen molar-refractivity contribution in [2.24, 2.45) is 0 Å². The van der Waals surface area contributed by atoms with Crippen LogP contribution in [0.25, 0.3) is 0 Å². The highest BCUT2D eigenvalue weighted by molar-refractivity contribution is 6.82. The van der Waals surface area contributed by atoms with Crippen molar-refractivity contribution in [3.63, 3.8) is 0 Å². The molecule has 1 saturated carbocycles. The molecule has 0 aromatic rings. The van der Waals surface area contributed by atoms with Gasteiger partial charge in [-0.05, 0) is 56.7 Å². The van der Waals surface area contributed by atoms with Gasteiger partial charge in [0.2, 0.25) is 0 Å². The monoisotopic (exact) mass is 313 g/mol. The maximum atomic E-state index is 11.3. The summed E-state index contributed by atoms with van der Waals surface area (Å²) in [5.74, 6) is 0. The lowest BCUT2D eigenvalue weighted by Crippen LogP contribution is -2.62. The Hall–Kier alpha value is 0.137. The van der Waals surface area contributed by atoms with Gasteiger partial charge < -0.3 is 10.0 Å². The van der Waals surface area contributed by atoms with Crippen LogP contribution in [0.4, 0.5) is 0 Å². The quantitative estimate of drug-likeness (QED) is 0.710. The molecule has 0 saturated heterocycles. The van der Waals surface area contributed by atoms with Crippen LogP contribution in [-0.4, -0.2) is 42.4 Å². The van der Waals surface area contributed by atoms with Gasteiger partial charge in [0.15, 0.2) is 0 Å². The molecule has 21 heavy (non-hydrogen) atoms. The van der Waals surface area contributed by atoms with E-state index in [1.165, 1.54) is 38.8 Å². The summed E-state index contributed by atoms with van der Waals surface area (Å²) in [6.07, 6.45) is 6.87. The van der Waals surface area contributed by atoms with Crippen LogP contribution in [-0.2, 0) is 0 Å². The topological polar surface area (TPSA) is 23.5 Å². The minimum atomic E-state index is -1.69. The van der Waals surface area contributed by atoms with Crippen LogP contribution < -0.4 is 0 Å². The number of hydrogen-bond donors (Lipinski definition) is 1. The van der Waals surface area contributed by atoms with Crippen LogP contribution in [0.3, 0.4) is 0 Å². The summed E-state index contributed by atoms with van der Waals surface area (Å²) in [6, 6.07) is 0.704. The molecule has 0 amide bonds. The summed E-state index contributed by atoms with van der Waals surface area (Å²) in [4.78, 5) is 2.67. The number of nitrogens with zero attached hydrogens (tertiary/aromatic N) is 1. The molecule has 0 aromatic carbocycles. The van der Waals surface area contributed by atoms with Gasteiger partial charge in [0.1, 0.15) is 0 Å². The Labute approximate surface area is 134 Å². The molecule has 0 radical (unpaired) electrons. The zero-order chi connectivity index (χ0) is 16.3. The van der Waals surface area contributed by atoms with Gasteiger partial charge in [-0.25, -0.2) is 0 Å². The normalized spacial score (nSPS) is 28.1. The van der Waals surface area contributed by atoms with Crippen molar-refractivity contribution in [1.82, 2.24) is 4.90 Å². The van der Waals surface area contributed by atoms with Gasteiger partial charge in [0, 0.05) is 6.04 Å². The average Bonchev–Trinajstić information content (AvgIpc) is 2.38. The molecule has 1 fully saturated rings. The molecule has 0 spiro atoms. The minimum absolute atomic E-state index is 0.265. The van der Waals surface area contributed by atoms with Crippen molar-refractivity contribution >= 4 is 8.07 Å². The van der Waals surface area contributed by atoms with Crippen molar-refractivity contribution < 1.29 is 5.11 Å². The summed E-state index contributed by atoms with van der Waals surface area (Å²) in [7, 11) is -1.69. The molecular formula is C18H39NOSi. The van der Waals surface area contributed by atoms with E-state index in [4.69, 9.17) is 0 Å². The molecule has 1 aliphatic carbocycles. The molecule has 126 valence electrons. The lowest BCUT2D eigenvalue weighted by Gasteiger charge is -2.53. The molecule has 0 aromatic heterocycles. The Morgan fingerprint density at radius 2 is 1.48 bits per heavy atom. The van der Waals surface area contributed by atoms with Crippen LogP contribution in [0.2, 0.25) is 18.1 Å². The van der Waals surface area contributed by atoms with E-state index in [2.05, 4.69) is 52.6 Å². The Kier molecular flexibility index (Phi) is 6.52. The zero-order valence-corrected chi connectivity index (χ0v) is 16.6. The molecule has 1 N–H and O–H groups in total.